The first-order valence-electron chi connectivity index (χ1n) is 9.46. The molecule has 0 atom stereocenters. The van der Waals surface area contributed by atoms with E-state index >= 15 is 0 Å². The molecule has 2 N–H and O–H groups in total. The summed E-state index contributed by atoms with van der Waals surface area (Å²) in [6.07, 6.45) is -5.41. The van der Waals surface area contributed by atoms with Gasteiger partial charge in [0.1, 0.15) is 11.5 Å². The van der Waals surface area contributed by atoms with Crippen LogP contribution in [0.5, 0.6) is 0 Å². The van der Waals surface area contributed by atoms with E-state index in [1.54, 1.807) is 17.8 Å². The van der Waals surface area contributed by atoms with Crippen molar-refractivity contribution in [2.24, 2.45) is 7.05 Å². The molecule has 172 valence electrons. The minimum atomic E-state index is -4.82. The van der Waals surface area contributed by atoms with E-state index < -0.39 is 35.2 Å². The van der Waals surface area contributed by atoms with Crippen molar-refractivity contribution < 1.29 is 31.1 Å². The fourth-order valence-corrected chi connectivity index (χ4v) is 3.45. The standard InChI is InChI=1S/C21H15F6N5O/c1-32-6-5-29-18(32)14-8-11(7-12-9-15(20(22,23)24)31-16(12)14)10-30-19(33)13-3-2-4-28-17(13)21(25,26)27/h2-9,31H,10H2,1H3,(H,30,33). The molecule has 0 bridgehead atoms. The predicted octanol–water partition coefficient (Wildman–Crippen LogP) is 4.93. The van der Waals surface area contributed by atoms with E-state index in [0.29, 0.717) is 17.0 Å². The Kier molecular flexibility index (Phi) is 5.38. The number of aromatic nitrogens is 4. The number of imidazole rings is 1. The molecule has 12 heteroatoms. The van der Waals surface area contributed by atoms with Gasteiger partial charge in [-0.2, -0.15) is 26.3 Å². The number of fused-ring (bicyclic) bond motifs is 1. The van der Waals surface area contributed by atoms with Gasteiger partial charge in [-0.1, -0.05) is 0 Å². The van der Waals surface area contributed by atoms with Crippen molar-refractivity contribution in [2.75, 3.05) is 0 Å². The van der Waals surface area contributed by atoms with Crippen molar-refractivity contribution in [3.8, 4) is 11.4 Å². The molecule has 1 aromatic carbocycles. The van der Waals surface area contributed by atoms with Gasteiger partial charge >= 0.3 is 12.4 Å². The Bertz CT molecular complexity index is 1340. The van der Waals surface area contributed by atoms with Crippen LogP contribution in [0.15, 0.2) is 48.9 Å². The molecule has 0 unspecified atom stereocenters. The molecule has 0 saturated heterocycles. The van der Waals surface area contributed by atoms with Crippen LogP contribution >= 0.6 is 0 Å². The van der Waals surface area contributed by atoms with Gasteiger partial charge in [-0.15, -0.1) is 0 Å². The maximum atomic E-state index is 13.2. The number of aryl methyl sites for hydroxylation is 1. The highest BCUT2D eigenvalue weighted by Gasteiger charge is 2.37. The first kappa shape index (κ1) is 22.4. The van der Waals surface area contributed by atoms with E-state index in [9.17, 15) is 31.1 Å². The Hall–Kier alpha value is -3.83. The van der Waals surface area contributed by atoms with E-state index in [1.165, 1.54) is 24.4 Å². The van der Waals surface area contributed by atoms with E-state index in [1.807, 2.05) is 0 Å². The quantitative estimate of drug-likeness (QED) is 0.418. The van der Waals surface area contributed by atoms with E-state index in [4.69, 9.17) is 0 Å². The summed E-state index contributed by atoms with van der Waals surface area (Å²) in [5.74, 6) is -0.644. The highest BCUT2D eigenvalue weighted by atomic mass is 19.4. The first-order valence-corrected chi connectivity index (χ1v) is 9.46. The van der Waals surface area contributed by atoms with Gasteiger partial charge in [0, 0.05) is 43.1 Å². The molecule has 4 aromatic rings. The second kappa shape index (κ2) is 7.94. The normalized spacial score (nSPS) is 12.3. The van der Waals surface area contributed by atoms with Crippen LogP contribution in [0, 0.1) is 0 Å². The summed E-state index contributed by atoms with van der Waals surface area (Å²) in [5.41, 5.74) is -2.03. The molecule has 3 aromatic heterocycles. The number of aromatic amines is 1. The van der Waals surface area contributed by atoms with E-state index in [2.05, 4.69) is 20.3 Å². The summed E-state index contributed by atoms with van der Waals surface area (Å²) in [4.78, 5) is 22.2. The smallest absolute Gasteiger partial charge is 0.350 e. The average Bonchev–Trinajstić information content (AvgIpc) is 3.37. The summed E-state index contributed by atoms with van der Waals surface area (Å²) in [6.45, 7) is -0.231. The van der Waals surface area contributed by atoms with Crippen LogP contribution in [0.4, 0.5) is 26.3 Å². The molecule has 4 rings (SSSR count). The number of benzene rings is 1. The van der Waals surface area contributed by atoms with Crippen molar-refractivity contribution in [3.05, 3.63) is 71.4 Å². The zero-order chi connectivity index (χ0) is 24.0. The van der Waals surface area contributed by atoms with E-state index in [0.717, 1.165) is 18.3 Å². The van der Waals surface area contributed by atoms with Crippen molar-refractivity contribution in [2.45, 2.75) is 18.9 Å². The maximum Gasteiger partial charge on any atom is 0.434 e. The van der Waals surface area contributed by atoms with E-state index in [-0.39, 0.29) is 17.4 Å². The molecular weight excluding hydrogens is 452 g/mol. The van der Waals surface area contributed by atoms with Crippen LogP contribution < -0.4 is 5.32 Å². The number of rotatable bonds is 4. The third-order valence-electron chi connectivity index (χ3n) is 4.93. The second-order valence-corrected chi connectivity index (χ2v) is 7.23. The predicted molar refractivity (Wildman–Crippen MR) is 106 cm³/mol. The SMILES string of the molecule is Cn1ccnc1-c1cc(CNC(=O)c2cccnc2C(F)(F)F)cc2cc(C(F)(F)F)[nH]c12. The average molecular weight is 467 g/mol. The number of nitrogens with zero attached hydrogens (tertiary/aromatic N) is 3. The molecule has 0 radical (unpaired) electrons. The number of pyridine rings is 1. The van der Waals surface area contributed by atoms with Crippen LogP contribution in [0.2, 0.25) is 0 Å². The topological polar surface area (TPSA) is 75.6 Å². The summed E-state index contributed by atoms with van der Waals surface area (Å²) < 4.78 is 80.8. The van der Waals surface area contributed by atoms with Gasteiger partial charge < -0.3 is 14.9 Å². The summed E-state index contributed by atoms with van der Waals surface area (Å²) >= 11 is 0. The number of amides is 1. The number of halogens is 6. The second-order valence-electron chi connectivity index (χ2n) is 7.23. The Morgan fingerprint density at radius 1 is 1.06 bits per heavy atom. The molecule has 0 saturated carbocycles. The van der Waals surface area contributed by atoms with Crippen LogP contribution in [0.25, 0.3) is 22.3 Å². The highest BCUT2D eigenvalue weighted by molar-refractivity contribution is 5.96. The molecule has 0 spiro atoms. The molecule has 3 heterocycles. The first-order chi connectivity index (χ1) is 15.4. The third-order valence-corrected chi connectivity index (χ3v) is 4.93. The summed E-state index contributed by atoms with van der Waals surface area (Å²) in [6, 6.07) is 6.07. The van der Waals surface area contributed by atoms with Crippen molar-refractivity contribution >= 4 is 16.8 Å². The molecule has 0 aliphatic heterocycles. The van der Waals surface area contributed by atoms with Crippen LogP contribution in [0.3, 0.4) is 0 Å². The maximum absolute atomic E-state index is 13.2. The van der Waals surface area contributed by atoms with Gasteiger partial charge in [-0.3, -0.25) is 9.78 Å². The number of carbonyl (C=O) groups excluding carboxylic acids is 1. The lowest BCUT2D eigenvalue weighted by Crippen LogP contribution is -2.26. The molecular formula is C21H15F6N5O. The van der Waals surface area contributed by atoms with Crippen LogP contribution in [-0.2, 0) is 25.9 Å². The van der Waals surface area contributed by atoms with Crippen molar-refractivity contribution in [3.63, 3.8) is 0 Å². The third kappa shape index (κ3) is 4.41. The zero-order valence-electron chi connectivity index (χ0n) is 16.8. The van der Waals surface area contributed by atoms with Gasteiger partial charge in [0.25, 0.3) is 5.91 Å². The Balaban J connectivity index is 1.71. The zero-order valence-corrected chi connectivity index (χ0v) is 16.8. The van der Waals surface area contributed by atoms with Crippen LogP contribution in [0.1, 0.15) is 27.3 Å². The molecule has 1 amide bonds. The van der Waals surface area contributed by atoms with Crippen molar-refractivity contribution in [1.29, 1.82) is 0 Å². The van der Waals surface area contributed by atoms with Crippen LogP contribution in [-0.4, -0.2) is 25.4 Å². The minimum absolute atomic E-state index is 0.193. The van der Waals surface area contributed by atoms with Gasteiger partial charge in [0.05, 0.1) is 11.1 Å². The lowest BCUT2D eigenvalue weighted by molar-refractivity contribution is -0.142. The monoisotopic (exact) mass is 467 g/mol. The summed E-state index contributed by atoms with van der Waals surface area (Å²) in [7, 11) is 1.66. The lowest BCUT2D eigenvalue weighted by atomic mass is 10.1. The van der Waals surface area contributed by atoms with Crippen molar-refractivity contribution in [1.82, 2.24) is 24.8 Å². The van der Waals surface area contributed by atoms with Gasteiger partial charge in [-0.25, -0.2) is 4.98 Å². The minimum Gasteiger partial charge on any atom is -0.350 e. The number of hydrogen-bond acceptors (Lipinski definition) is 3. The lowest BCUT2D eigenvalue weighted by Gasteiger charge is -2.12. The Labute approximate surface area is 182 Å². The molecule has 0 aliphatic carbocycles. The van der Waals surface area contributed by atoms with Gasteiger partial charge in [0.2, 0.25) is 0 Å². The Morgan fingerprint density at radius 3 is 2.45 bits per heavy atom. The number of H-pyrrole nitrogens is 1. The largest absolute Gasteiger partial charge is 0.434 e. The fraction of sp³-hybridized carbons (Fsp3) is 0.190. The number of alkyl halides is 6. The van der Waals surface area contributed by atoms with Gasteiger partial charge in [0.15, 0.2) is 5.69 Å². The summed E-state index contributed by atoms with van der Waals surface area (Å²) in [5, 5.41) is 2.59. The molecule has 6 nitrogen and oxygen atoms in total. The number of carbonyl (C=O) groups is 1. The molecule has 0 aliphatic rings. The fourth-order valence-electron chi connectivity index (χ4n) is 3.45. The number of nitrogens with one attached hydrogen (secondary N) is 2. The number of hydrogen-bond donors (Lipinski definition) is 2. The molecule has 0 fully saturated rings. The van der Waals surface area contributed by atoms with Gasteiger partial charge in [-0.05, 0) is 35.9 Å². The molecule has 33 heavy (non-hydrogen) atoms. The Morgan fingerprint density at radius 2 is 1.82 bits per heavy atom. The highest BCUT2D eigenvalue weighted by Crippen LogP contribution is 2.35.